The van der Waals surface area contributed by atoms with E-state index in [1.54, 1.807) is 5.57 Å². The number of aliphatic hydroxyl groups is 2. The second kappa shape index (κ2) is 21.5. The number of rotatable bonds is 22. The molecule has 4 N–H and O–H groups in total. The molecule has 0 radical (unpaired) electrons. The highest BCUT2D eigenvalue weighted by Crippen LogP contribution is 2.35. The Morgan fingerprint density at radius 1 is 0.600 bits per heavy atom. The Morgan fingerprint density at radius 2 is 1.07 bits per heavy atom. The average Bonchev–Trinajstić information content (AvgIpc) is 3.51. The van der Waals surface area contributed by atoms with Crippen LogP contribution in [0.2, 0.25) is 0 Å². The molecule has 0 aromatic rings. The first-order chi connectivity index (χ1) is 22.0. The molecular formula is C40H75N3O2. The average molecular weight is 630 g/mol. The standard InChI is InChI=1S/C40H75N3O2/c1-32-39(44)27-25-36(41-32)22-17-13-9-5-3-7-11-15-20-34-30-35(38-24-19-29-43(38)31-34)21-16-12-8-4-6-10-14-18-23-37-26-28-40(45)33(2)42-37/h30,32-33,35-42,44-45H,3-29,31H2,1-2H3/t32-,33-,35+,36+,37+,38-,39+,40+/m0/s1. The zero-order valence-electron chi connectivity index (χ0n) is 29.8. The predicted molar refractivity (Wildman–Crippen MR) is 192 cm³/mol. The number of fused-ring (bicyclic) bond motifs is 1. The minimum atomic E-state index is -0.142. The van der Waals surface area contributed by atoms with Crippen LogP contribution < -0.4 is 10.6 Å². The number of nitrogens with one attached hydrogen (secondary N) is 2. The van der Waals surface area contributed by atoms with Gasteiger partial charge in [-0.3, -0.25) is 4.90 Å². The fraction of sp³-hybridized carbons (Fsp3) is 0.950. The Labute approximate surface area is 279 Å². The molecular weight excluding hydrogens is 554 g/mol. The minimum absolute atomic E-state index is 0.141. The van der Waals surface area contributed by atoms with Gasteiger partial charge in [0.1, 0.15) is 0 Å². The molecule has 8 atom stereocenters. The largest absolute Gasteiger partial charge is 0.392 e. The molecule has 0 spiro atoms. The lowest BCUT2D eigenvalue weighted by Crippen LogP contribution is -2.48. The fourth-order valence-electron chi connectivity index (χ4n) is 9.17. The van der Waals surface area contributed by atoms with Gasteiger partial charge in [-0.05, 0) is 96.9 Å². The lowest BCUT2D eigenvalue weighted by atomic mass is 9.85. The molecule has 0 amide bonds. The molecule has 4 heterocycles. The van der Waals surface area contributed by atoms with Gasteiger partial charge >= 0.3 is 0 Å². The topological polar surface area (TPSA) is 67.8 Å². The van der Waals surface area contributed by atoms with Gasteiger partial charge in [-0.2, -0.15) is 0 Å². The Kier molecular flexibility index (Phi) is 17.8. The first kappa shape index (κ1) is 37.4. The molecule has 0 aromatic heterocycles. The molecule has 5 nitrogen and oxygen atoms in total. The first-order valence-corrected chi connectivity index (χ1v) is 20.3. The number of hydrogen-bond acceptors (Lipinski definition) is 5. The van der Waals surface area contributed by atoms with Crippen molar-refractivity contribution in [1.82, 2.24) is 15.5 Å². The molecule has 0 aliphatic carbocycles. The summed E-state index contributed by atoms with van der Waals surface area (Å²) in [4.78, 5) is 2.84. The van der Waals surface area contributed by atoms with E-state index in [1.807, 2.05) is 0 Å². The van der Waals surface area contributed by atoms with Crippen LogP contribution in [-0.2, 0) is 0 Å². The highest BCUT2D eigenvalue weighted by Gasteiger charge is 2.34. The maximum absolute atomic E-state index is 9.89. The van der Waals surface area contributed by atoms with Gasteiger partial charge in [-0.15, -0.1) is 0 Å². The molecule has 3 saturated heterocycles. The smallest absolute Gasteiger partial charge is 0.0691 e. The van der Waals surface area contributed by atoms with E-state index in [0.717, 1.165) is 37.6 Å². The Hall–Kier alpha value is -0.460. The second-order valence-corrected chi connectivity index (χ2v) is 16.0. The van der Waals surface area contributed by atoms with Crippen molar-refractivity contribution in [2.75, 3.05) is 13.1 Å². The Bertz CT molecular complexity index is 804. The van der Waals surface area contributed by atoms with Gasteiger partial charge in [0.2, 0.25) is 0 Å². The van der Waals surface area contributed by atoms with Crippen LogP contribution in [0.3, 0.4) is 0 Å². The number of nitrogens with zero attached hydrogens (tertiary/aromatic N) is 1. The quantitative estimate of drug-likeness (QED) is 0.0712. The maximum atomic E-state index is 9.89. The number of unbranched alkanes of at least 4 members (excludes halogenated alkanes) is 14. The third kappa shape index (κ3) is 13.9. The van der Waals surface area contributed by atoms with Gasteiger partial charge < -0.3 is 20.8 Å². The van der Waals surface area contributed by atoms with Crippen molar-refractivity contribution in [2.24, 2.45) is 5.92 Å². The molecule has 0 saturated carbocycles. The van der Waals surface area contributed by atoms with Crippen LogP contribution >= 0.6 is 0 Å². The molecule has 3 fully saturated rings. The molecule has 4 aliphatic heterocycles. The third-order valence-electron chi connectivity index (χ3n) is 12.2. The molecule has 4 aliphatic rings. The third-order valence-corrected chi connectivity index (χ3v) is 12.2. The molecule has 0 unspecified atom stereocenters. The number of hydrogen-bond donors (Lipinski definition) is 4. The van der Waals surface area contributed by atoms with E-state index < -0.39 is 0 Å². The summed E-state index contributed by atoms with van der Waals surface area (Å²) in [6.45, 7) is 6.86. The summed E-state index contributed by atoms with van der Waals surface area (Å²) in [5.41, 5.74) is 1.77. The van der Waals surface area contributed by atoms with Crippen LogP contribution in [0, 0.1) is 5.92 Å². The maximum Gasteiger partial charge on any atom is 0.0691 e. The normalized spacial score (nSPS) is 32.5. The fourth-order valence-corrected chi connectivity index (χ4v) is 9.17. The van der Waals surface area contributed by atoms with Crippen molar-refractivity contribution in [3.63, 3.8) is 0 Å². The van der Waals surface area contributed by atoms with Gasteiger partial charge in [-0.1, -0.05) is 108 Å². The van der Waals surface area contributed by atoms with E-state index >= 15 is 0 Å². The number of piperidine rings is 2. The van der Waals surface area contributed by atoms with Gasteiger partial charge in [-0.25, -0.2) is 0 Å². The van der Waals surface area contributed by atoms with Gasteiger partial charge in [0.15, 0.2) is 0 Å². The summed E-state index contributed by atoms with van der Waals surface area (Å²) in [5, 5.41) is 27.0. The van der Waals surface area contributed by atoms with E-state index in [0.29, 0.717) is 12.1 Å². The monoisotopic (exact) mass is 630 g/mol. The van der Waals surface area contributed by atoms with Crippen molar-refractivity contribution in [3.05, 3.63) is 11.6 Å². The molecule has 4 rings (SSSR count). The lowest BCUT2D eigenvalue weighted by Gasteiger charge is -2.36. The molecule has 0 bridgehead atoms. The summed E-state index contributed by atoms with van der Waals surface area (Å²) in [5.74, 6) is 0.825. The summed E-state index contributed by atoms with van der Waals surface area (Å²) in [6.07, 6.45) is 37.4. The van der Waals surface area contributed by atoms with Crippen molar-refractivity contribution >= 4 is 0 Å². The molecule has 262 valence electrons. The van der Waals surface area contributed by atoms with Crippen LogP contribution in [0.5, 0.6) is 0 Å². The zero-order chi connectivity index (χ0) is 31.7. The van der Waals surface area contributed by atoms with Crippen molar-refractivity contribution in [2.45, 2.75) is 223 Å². The van der Waals surface area contributed by atoms with Crippen molar-refractivity contribution < 1.29 is 10.2 Å². The number of aliphatic hydroxyl groups excluding tert-OH is 2. The Balaban J connectivity index is 0.963. The Morgan fingerprint density at radius 3 is 1.58 bits per heavy atom. The predicted octanol–water partition coefficient (Wildman–Crippen LogP) is 8.81. The van der Waals surface area contributed by atoms with E-state index in [9.17, 15) is 10.2 Å². The van der Waals surface area contributed by atoms with Crippen LogP contribution in [0.1, 0.15) is 181 Å². The SMILES string of the molecule is C[C@@H]1N[C@H](CCCCCCCCCCC2=C[C@@H](CCCCCCCCCC[C@@H]3CC[C@@H](O)[C@H](C)N3)[C@@H]3CCCN3C2)CC[C@H]1O. The van der Waals surface area contributed by atoms with Crippen molar-refractivity contribution in [3.8, 4) is 0 Å². The summed E-state index contributed by atoms with van der Waals surface area (Å²) >= 11 is 0. The summed E-state index contributed by atoms with van der Waals surface area (Å²) < 4.78 is 0. The van der Waals surface area contributed by atoms with Crippen LogP contribution in [0.25, 0.3) is 0 Å². The highest BCUT2D eigenvalue weighted by molar-refractivity contribution is 5.15. The summed E-state index contributed by atoms with van der Waals surface area (Å²) in [6, 6.07) is 2.66. The van der Waals surface area contributed by atoms with E-state index in [4.69, 9.17) is 0 Å². The van der Waals surface area contributed by atoms with Gasteiger partial charge in [0, 0.05) is 36.8 Å². The van der Waals surface area contributed by atoms with E-state index in [2.05, 4.69) is 35.5 Å². The summed E-state index contributed by atoms with van der Waals surface area (Å²) in [7, 11) is 0. The van der Waals surface area contributed by atoms with E-state index in [-0.39, 0.29) is 24.3 Å². The van der Waals surface area contributed by atoms with Gasteiger partial charge in [0.05, 0.1) is 12.2 Å². The second-order valence-electron chi connectivity index (χ2n) is 16.0. The van der Waals surface area contributed by atoms with Crippen LogP contribution in [0.4, 0.5) is 0 Å². The first-order valence-electron chi connectivity index (χ1n) is 20.3. The molecule has 0 aromatic carbocycles. The van der Waals surface area contributed by atoms with Crippen LogP contribution in [0.15, 0.2) is 11.6 Å². The van der Waals surface area contributed by atoms with E-state index in [1.165, 1.54) is 154 Å². The molecule has 45 heavy (non-hydrogen) atoms. The highest BCUT2D eigenvalue weighted by atomic mass is 16.3. The minimum Gasteiger partial charge on any atom is -0.392 e. The van der Waals surface area contributed by atoms with Crippen LogP contribution in [-0.4, -0.2) is 70.6 Å². The molecule has 5 heteroatoms. The van der Waals surface area contributed by atoms with Crippen molar-refractivity contribution in [1.29, 1.82) is 0 Å². The lowest BCUT2D eigenvalue weighted by molar-refractivity contribution is 0.0848. The zero-order valence-corrected chi connectivity index (χ0v) is 29.8. The van der Waals surface area contributed by atoms with Gasteiger partial charge in [0.25, 0.3) is 0 Å².